The zero-order valence-electron chi connectivity index (χ0n) is 13.5. The Balaban J connectivity index is 1.84. The van der Waals surface area contributed by atoms with Crippen LogP contribution in [0.4, 0.5) is 5.82 Å². The lowest BCUT2D eigenvalue weighted by Gasteiger charge is -2.16. The van der Waals surface area contributed by atoms with Crippen LogP contribution in [0, 0.1) is 0 Å². The average Bonchev–Trinajstić information content (AvgIpc) is 2.61. The minimum atomic E-state index is -0.179. The molecule has 0 bridgehead atoms. The number of hydrogen-bond donors (Lipinski definition) is 1. The third kappa shape index (κ3) is 5.65. The van der Waals surface area contributed by atoms with Crippen molar-refractivity contribution in [3.05, 3.63) is 48.0 Å². The smallest absolute Gasteiger partial charge is 0.256 e. The second-order valence-corrected chi connectivity index (χ2v) is 6.07. The molecule has 1 aromatic carbocycles. The largest absolute Gasteiger partial charge is 0.305 e. The topological polar surface area (TPSA) is 58.1 Å². The van der Waals surface area contributed by atoms with Crippen molar-refractivity contribution in [2.75, 3.05) is 30.7 Å². The van der Waals surface area contributed by atoms with Crippen molar-refractivity contribution in [3.63, 3.8) is 0 Å². The van der Waals surface area contributed by atoms with E-state index in [9.17, 15) is 4.79 Å². The van der Waals surface area contributed by atoms with Gasteiger partial charge in [-0.2, -0.15) is 0 Å². The van der Waals surface area contributed by atoms with Gasteiger partial charge in [0.25, 0.3) is 5.91 Å². The number of aromatic nitrogens is 2. The molecule has 0 aliphatic rings. The first-order valence-electron chi connectivity index (χ1n) is 7.78. The van der Waals surface area contributed by atoms with Crippen LogP contribution in [0.15, 0.2) is 47.5 Å². The van der Waals surface area contributed by atoms with E-state index in [1.807, 2.05) is 24.3 Å². The lowest BCUT2D eigenvalue weighted by molar-refractivity contribution is 0.102. The maximum absolute atomic E-state index is 12.0. The molecule has 1 heterocycles. The van der Waals surface area contributed by atoms with Gasteiger partial charge in [-0.25, -0.2) is 0 Å². The number of benzene rings is 1. The molecule has 0 fully saturated rings. The van der Waals surface area contributed by atoms with E-state index in [4.69, 9.17) is 0 Å². The molecule has 2 aromatic rings. The molecule has 23 heavy (non-hydrogen) atoms. The summed E-state index contributed by atoms with van der Waals surface area (Å²) < 4.78 is 0. The van der Waals surface area contributed by atoms with Gasteiger partial charge in [0.1, 0.15) is 5.03 Å². The van der Waals surface area contributed by atoms with E-state index >= 15 is 0 Å². The Morgan fingerprint density at radius 3 is 2.43 bits per heavy atom. The molecule has 6 heteroatoms. The van der Waals surface area contributed by atoms with Crippen LogP contribution in [0.1, 0.15) is 24.2 Å². The van der Waals surface area contributed by atoms with Gasteiger partial charge in [0.05, 0.1) is 0 Å². The fourth-order valence-corrected chi connectivity index (χ4v) is 2.88. The van der Waals surface area contributed by atoms with Crippen molar-refractivity contribution in [1.29, 1.82) is 0 Å². The van der Waals surface area contributed by atoms with E-state index in [1.165, 1.54) is 0 Å². The molecular formula is C17H22N4OS. The number of nitrogens with one attached hydrogen (secondary N) is 1. The number of nitrogens with zero attached hydrogens (tertiary/aromatic N) is 3. The molecular weight excluding hydrogens is 308 g/mol. The number of hydrogen-bond acceptors (Lipinski definition) is 5. The van der Waals surface area contributed by atoms with Gasteiger partial charge >= 0.3 is 0 Å². The summed E-state index contributed by atoms with van der Waals surface area (Å²) in [5, 5.41) is 11.8. The third-order valence-corrected chi connectivity index (χ3v) is 4.37. The Kier molecular flexibility index (Phi) is 7.03. The Morgan fingerprint density at radius 1 is 1.09 bits per heavy atom. The van der Waals surface area contributed by atoms with Crippen molar-refractivity contribution in [2.24, 2.45) is 0 Å². The monoisotopic (exact) mass is 330 g/mol. The van der Waals surface area contributed by atoms with Gasteiger partial charge in [0.2, 0.25) is 0 Å². The molecule has 0 atom stereocenters. The highest BCUT2D eigenvalue weighted by Gasteiger charge is 2.07. The molecule has 0 unspecified atom stereocenters. The minimum Gasteiger partial charge on any atom is -0.305 e. The number of carbonyl (C=O) groups excluding carboxylic acids is 1. The van der Waals surface area contributed by atoms with E-state index in [1.54, 1.807) is 30.0 Å². The van der Waals surface area contributed by atoms with E-state index in [0.717, 1.165) is 30.4 Å². The summed E-state index contributed by atoms with van der Waals surface area (Å²) in [5.41, 5.74) is 0.604. The Hall–Kier alpha value is -1.92. The van der Waals surface area contributed by atoms with Crippen LogP contribution in [0.3, 0.4) is 0 Å². The first-order chi connectivity index (χ1) is 11.2. The predicted molar refractivity (Wildman–Crippen MR) is 94.9 cm³/mol. The summed E-state index contributed by atoms with van der Waals surface area (Å²) in [4.78, 5) is 14.4. The zero-order valence-corrected chi connectivity index (χ0v) is 14.3. The van der Waals surface area contributed by atoms with Crippen molar-refractivity contribution in [3.8, 4) is 0 Å². The van der Waals surface area contributed by atoms with Gasteiger partial charge in [-0.1, -0.05) is 32.0 Å². The van der Waals surface area contributed by atoms with Gasteiger partial charge in [0, 0.05) is 17.9 Å². The summed E-state index contributed by atoms with van der Waals surface area (Å²) in [5.74, 6) is 1.26. The van der Waals surface area contributed by atoms with E-state index in [2.05, 4.69) is 34.3 Å². The summed E-state index contributed by atoms with van der Waals surface area (Å²) in [7, 11) is 0. The van der Waals surface area contributed by atoms with Gasteiger partial charge < -0.3 is 10.2 Å². The number of thioether (sulfide) groups is 1. The Labute approximate surface area is 141 Å². The highest BCUT2D eigenvalue weighted by molar-refractivity contribution is 7.99. The van der Waals surface area contributed by atoms with E-state index in [-0.39, 0.29) is 5.91 Å². The molecule has 0 aliphatic carbocycles. The molecule has 0 saturated carbocycles. The lowest BCUT2D eigenvalue weighted by atomic mass is 10.2. The molecule has 5 nitrogen and oxygen atoms in total. The molecule has 0 spiro atoms. The van der Waals surface area contributed by atoms with Crippen molar-refractivity contribution < 1.29 is 4.79 Å². The highest BCUT2D eigenvalue weighted by atomic mass is 32.2. The highest BCUT2D eigenvalue weighted by Crippen LogP contribution is 2.16. The summed E-state index contributed by atoms with van der Waals surface area (Å²) in [6.45, 7) is 7.49. The number of amides is 1. The maximum atomic E-state index is 12.0. The Bertz CT molecular complexity index is 600. The van der Waals surface area contributed by atoms with Gasteiger partial charge in [0.15, 0.2) is 5.82 Å². The predicted octanol–water partition coefficient (Wildman–Crippen LogP) is 3.16. The molecule has 0 saturated heterocycles. The lowest BCUT2D eigenvalue weighted by Crippen LogP contribution is -2.25. The van der Waals surface area contributed by atoms with E-state index < -0.39 is 0 Å². The van der Waals surface area contributed by atoms with E-state index in [0.29, 0.717) is 11.4 Å². The summed E-state index contributed by atoms with van der Waals surface area (Å²) in [6, 6.07) is 12.7. The maximum Gasteiger partial charge on any atom is 0.256 e. The second-order valence-electron chi connectivity index (χ2n) is 4.95. The molecule has 2 rings (SSSR count). The second kappa shape index (κ2) is 9.27. The normalized spacial score (nSPS) is 10.7. The third-order valence-electron chi connectivity index (χ3n) is 3.47. The average molecular weight is 330 g/mol. The molecule has 0 radical (unpaired) electrons. The molecule has 0 aliphatic heterocycles. The SMILES string of the molecule is CCN(CC)CCSc1ccc(NC(=O)c2ccccc2)nn1. The van der Waals surface area contributed by atoms with Crippen LogP contribution in [0.5, 0.6) is 0 Å². The van der Waals surface area contributed by atoms with Gasteiger partial charge in [-0.3, -0.25) is 4.79 Å². The first-order valence-corrected chi connectivity index (χ1v) is 8.76. The zero-order chi connectivity index (χ0) is 16.5. The van der Waals surface area contributed by atoms with Crippen molar-refractivity contribution in [1.82, 2.24) is 15.1 Å². The molecule has 1 aromatic heterocycles. The van der Waals surface area contributed by atoms with Crippen molar-refractivity contribution in [2.45, 2.75) is 18.9 Å². The van der Waals surface area contributed by atoms with Crippen LogP contribution in [-0.4, -0.2) is 46.4 Å². The van der Waals surface area contributed by atoms with Gasteiger partial charge in [-0.05, 0) is 37.4 Å². The molecule has 122 valence electrons. The fourth-order valence-electron chi connectivity index (χ4n) is 2.06. The van der Waals surface area contributed by atoms with Crippen LogP contribution in [0.2, 0.25) is 0 Å². The van der Waals surface area contributed by atoms with Crippen LogP contribution >= 0.6 is 11.8 Å². The van der Waals surface area contributed by atoms with Crippen LogP contribution < -0.4 is 5.32 Å². The number of carbonyl (C=O) groups is 1. The van der Waals surface area contributed by atoms with Gasteiger partial charge in [-0.15, -0.1) is 22.0 Å². The number of rotatable bonds is 8. The Morgan fingerprint density at radius 2 is 1.83 bits per heavy atom. The minimum absolute atomic E-state index is 0.179. The quantitative estimate of drug-likeness (QED) is 0.754. The standard InChI is InChI=1S/C17H22N4OS/c1-3-21(4-2)12-13-23-16-11-10-15(19-20-16)18-17(22)14-8-6-5-7-9-14/h5-11H,3-4,12-13H2,1-2H3,(H,18,19,22). The number of anilines is 1. The molecule has 1 amide bonds. The summed E-state index contributed by atoms with van der Waals surface area (Å²) >= 11 is 1.68. The summed E-state index contributed by atoms with van der Waals surface area (Å²) in [6.07, 6.45) is 0. The molecule has 1 N–H and O–H groups in total. The van der Waals surface area contributed by atoms with Crippen molar-refractivity contribution >= 4 is 23.5 Å². The van der Waals surface area contributed by atoms with Crippen LogP contribution in [0.25, 0.3) is 0 Å². The first kappa shape index (κ1) is 17.4. The fraction of sp³-hybridized carbons (Fsp3) is 0.353. The van der Waals surface area contributed by atoms with Crippen LogP contribution in [-0.2, 0) is 0 Å².